The first-order chi connectivity index (χ1) is 14.6. The molecule has 0 unspecified atom stereocenters. The summed E-state index contributed by atoms with van der Waals surface area (Å²) >= 11 is 0. The predicted octanol–water partition coefficient (Wildman–Crippen LogP) is 2.92. The van der Waals surface area contributed by atoms with Crippen molar-refractivity contribution < 1.29 is 14.6 Å². The summed E-state index contributed by atoms with van der Waals surface area (Å²) < 4.78 is 5.21. The van der Waals surface area contributed by atoms with Gasteiger partial charge in [-0.15, -0.1) is 0 Å². The fourth-order valence-corrected chi connectivity index (χ4v) is 3.16. The van der Waals surface area contributed by atoms with E-state index in [9.17, 15) is 9.90 Å². The van der Waals surface area contributed by atoms with Crippen molar-refractivity contribution in [1.82, 2.24) is 9.97 Å². The Morgan fingerprint density at radius 2 is 1.97 bits per heavy atom. The van der Waals surface area contributed by atoms with Crippen LogP contribution in [0.5, 0.6) is 5.75 Å². The van der Waals surface area contributed by atoms with Gasteiger partial charge < -0.3 is 20.5 Å². The van der Waals surface area contributed by atoms with Gasteiger partial charge in [-0.3, -0.25) is 4.79 Å². The summed E-state index contributed by atoms with van der Waals surface area (Å²) in [5.74, 6) is 8.21. The zero-order valence-electron chi connectivity index (χ0n) is 16.8. The second-order valence-corrected chi connectivity index (χ2v) is 7.08. The van der Waals surface area contributed by atoms with Crippen molar-refractivity contribution in [3.8, 4) is 17.6 Å². The second-order valence-electron chi connectivity index (χ2n) is 7.08. The van der Waals surface area contributed by atoms with Crippen LogP contribution in [0, 0.1) is 17.8 Å². The van der Waals surface area contributed by atoms with Gasteiger partial charge in [-0.1, -0.05) is 11.8 Å². The topological polar surface area (TPSA) is 96.4 Å². The molecule has 0 atom stereocenters. The van der Waals surface area contributed by atoms with Gasteiger partial charge in [0, 0.05) is 41.7 Å². The highest BCUT2D eigenvalue weighted by Crippen LogP contribution is 2.31. The molecule has 30 heavy (non-hydrogen) atoms. The molecule has 2 heterocycles. The average molecular weight is 402 g/mol. The molecule has 1 fully saturated rings. The number of ether oxygens (including phenoxy) is 1. The third kappa shape index (κ3) is 4.04. The smallest absolute Gasteiger partial charge is 0.228 e. The van der Waals surface area contributed by atoms with Gasteiger partial charge in [-0.2, -0.15) is 0 Å². The number of anilines is 2. The number of nitrogens with one attached hydrogen (secondary N) is 2. The number of fused-ring (bicyclic) bond motifs is 1. The number of aliphatic hydroxyl groups excluding tert-OH is 1. The van der Waals surface area contributed by atoms with Crippen molar-refractivity contribution >= 4 is 28.3 Å². The number of carbonyl (C=O) groups is 1. The zero-order chi connectivity index (χ0) is 21.1. The minimum absolute atomic E-state index is 0.00296. The Kier molecular flexibility index (Phi) is 5.50. The molecule has 0 radical (unpaired) electrons. The van der Waals surface area contributed by atoms with Crippen molar-refractivity contribution in [2.45, 2.75) is 19.4 Å². The molecule has 1 amide bonds. The van der Waals surface area contributed by atoms with Gasteiger partial charge in [0.1, 0.15) is 17.4 Å². The molecule has 3 N–H and O–H groups in total. The number of nitrogens with zero attached hydrogens (tertiary/aromatic N) is 2. The van der Waals surface area contributed by atoms with Crippen LogP contribution in [0.25, 0.3) is 10.8 Å². The first-order valence-electron chi connectivity index (χ1n) is 9.70. The summed E-state index contributed by atoms with van der Waals surface area (Å²) in [5, 5.41) is 17.2. The Hall–Kier alpha value is -3.63. The number of hydrogen-bond acceptors (Lipinski definition) is 6. The van der Waals surface area contributed by atoms with E-state index in [2.05, 4.69) is 32.4 Å². The van der Waals surface area contributed by atoms with E-state index in [0.29, 0.717) is 34.1 Å². The Bertz CT molecular complexity index is 1180. The lowest BCUT2D eigenvalue weighted by Gasteiger charge is -2.09. The van der Waals surface area contributed by atoms with Crippen molar-refractivity contribution in [2.75, 3.05) is 24.8 Å². The normalized spacial score (nSPS) is 12.8. The second kappa shape index (κ2) is 8.39. The van der Waals surface area contributed by atoms with E-state index in [0.717, 1.165) is 23.6 Å². The molecule has 0 saturated heterocycles. The molecule has 1 aliphatic rings. The number of pyridine rings is 2. The van der Waals surface area contributed by atoms with Crippen LogP contribution in [0.4, 0.5) is 11.6 Å². The van der Waals surface area contributed by atoms with E-state index in [-0.39, 0.29) is 18.4 Å². The van der Waals surface area contributed by atoms with Crippen molar-refractivity contribution in [1.29, 1.82) is 0 Å². The number of carbonyl (C=O) groups excluding carboxylic acids is 1. The molecular formula is C23H22N4O3. The highest BCUT2D eigenvalue weighted by Gasteiger charge is 2.29. The summed E-state index contributed by atoms with van der Waals surface area (Å²) in [5.41, 5.74) is 2.10. The average Bonchev–Trinajstić information content (AvgIpc) is 3.63. The lowest BCUT2D eigenvalue weighted by molar-refractivity contribution is -0.117. The third-order valence-corrected chi connectivity index (χ3v) is 5.02. The summed E-state index contributed by atoms with van der Waals surface area (Å²) in [6.07, 6.45) is 5.24. The van der Waals surface area contributed by atoms with Crippen molar-refractivity contribution in [3.05, 3.63) is 53.3 Å². The lowest BCUT2D eigenvalue weighted by Crippen LogP contribution is -2.14. The van der Waals surface area contributed by atoms with E-state index < -0.39 is 0 Å². The van der Waals surface area contributed by atoms with E-state index in [1.807, 2.05) is 12.1 Å². The fourth-order valence-electron chi connectivity index (χ4n) is 3.16. The molecule has 4 rings (SSSR count). The number of aromatic nitrogens is 2. The first-order valence-corrected chi connectivity index (χ1v) is 9.70. The van der Waals surface area contributed by atoms with Crippen LogP contribution in [0.15, 0.2) is 36.7 Å². The highest BCUT2D eigenvalue weighted by atomic mass is 16.5. The Balaban J connectivity index is 1.75. The minimum Gasteiger partial charge on any atom is -0.497 e. The van der Waals surface area contributed by atoms with Crippen LogP contribution in [0.3, 0.4) is 0 Å². The van der Waals surface area contributed by atoms with Gasteiger partial charge >= 0.3 is 0 Å². The first kappa shape index (κ1) is 19.7. The molecule has 1 saturated carbocycles. The standard InChI is InChI=1S/C23H22N4O3/c1-24-22-20-12-25-21(27-23(29)15-4-5-15)10-19(20)16(11-26-22)6-3-14-7-8-18(30-2)9-17(14)13-28/h7-12,15,28H,4-5,13H2,1-2H3,(H,24,26)(H,25,27,29). The molecule has 1 aromatic carbocycles. The van der Waals surface area contributed by atoms with Gasteiger partial charge in [-0.25, -0.2) is 9.97 Å². The third-order valence-electron chi connectivity index (χ3n) is 5.02. The number of hydrogen-bond donors (Lipinski definition) is 3. The predicted molar refractivity (Wildman–Crippen MR) is 115 cm³/mol. The maximum absolute atomic E-state index is 12.1. The minimum atomic E-state index is -0.139. The molecule has 1 aliphatic carbocycles. The fraction of sp³-hybridized carbons (Fsp3) is 0.261. The van der Waals surface area contributed by atoms with E-state index in [1.165, 1.54) is 0 Å². The maximum atomic E-state index is 12.1. The highest BCUT2D eigenvalue weighted by molar-refractivity contribution is 5.99. The van der Waals surface area contributed by atoms with E-state index in [4.69, 9.17) is 4.74 Å². The molecule has 2 aromatic heterocycles. The summed E-state index contributed by atoms with van der Waals surface area (Å²) in [6, 6.07) is 7.21. The number of rotatable bonds is 5. The molecule has 152 valence electrons. The van der Waals surface area contributed by atoms with Crippen LogP contribution >= 0.6 is 0 Å². The van der Waals surface area contributed by atoms with Crippen molar-refractivity contribution in [2.24, 2.45) is 5.92 Å². The summed E-state index contributed by atoms with van der Waals surface area (Å²) in [4.78, 5) is 20.9. The molecule has 0 aliphatic heterocycles. The summed E-state index contributed by atoms with van der Waals surface area (Å²) in [7, 11) is 3.37. The molecule has 7 heteroatoms. The molecule has 7 nitrogen and oxygen atoms in total. The Labute approximate surface area is 174 Å². The van der Waals surface area contributed by atoms with E-state index in [1.54, 1.807) is 38.7 Å². The van der Waals surface area contributed by atoms with E-state index >= 15 is 0 Å². The molecular weight excluding hydrogens is 380 g/mol. The van der Waals surface area contributed by atoms with Crippen LogP contribution in [-0.2, 0) is 11.4 Å². The number of amides is 1. The Morgan fingerprint density at radius 1 is 1.17 bits per heavy atom. The van der Waals surface area contributed by atoms with Gasteiger partial charge in [-0.05, 0) is 42.7 Å². The quantitative estimate of drug-likeness (QED) is 0.568. The monoisotopic (exact) mass is 402 g/mol. The SMILES string of the molecule is CNc1ncc(C#Cc2ccc(OC)cc2CO)c2cc(NC(=O)C3CC3)ncc12. The largest absolute Gasteiger partial charge is 0.497 e. The lowest BCUT2D eigenvalue weighted by atomic mass is 10.1. The molecule has 0 bridgehead atoms. The van der Waals surface area contributed by atoms with Gasteiger partial charge in [0.25, 0.3) is 0 Å². The number of aliphatic hydroxyl groups is 1. The zero-order valence-corrected chi connectivity index (χ0v) is 16.8. The maximum Gasteiger partial charge on any atom is 0.228 e. The van der Waals surface area contributed by atoms with Gasteiger partial charge in [0.15, 0.2) is 0 Å². The van der Waals surface area contributed by atoms with Crippen LogP contribution in [0.1, 0.15) is 29.5 Å². The van der Waals surface area contributed by atoms with Crippen LogP contribution in [0.2, 0.25) is 0 Å². The van der Waals surface area contributed by atoms with Gasteiger partial charge in [0.05, 0.1) is 19.3 Å². The number of methoxy groups -OCH3 is 1. The van der Waals surface area contributed by atoms with Crippen LogP contribution < -0.4 is 15.4 Å². The molecule has 0 spiro atoms. The Morgan fingerprint density at radius 3 is 2.67 bits per heavy atom. The van der Waals surface area contributed by atoms with Crippen molar-refractivity contribution in [3.63, 3.8) is 0 Å². The van der Waals surface area contributed by atoms with Crippen LogP contribution in [-0.4, -0.2) is 35.1 Å². The summed E-state index contributed by atoms with van der Waals surface area (Å²) in [6.45, 7) is -0.139. The van der Waals surface area contributed by atoms with Gasteiger partial charge in [0.2, 0.25) is 5.91 Å². The molecule has 3 aromatic rings. The number of benzene rings is 1.